The number of aromatic nitrogens is 1. The first-order valence-corrected chi connectivity index (χ1v) is 8.14. The van der Waals surface area contributed by atoms with Gasteiger partial charge < -0.3 is 10.6 Å². The average Bonchev–Trinajstić information content (AvgIpc) is 3.38. The molecule has 1 aliphatic rings. The van der Waals surface area contributed by atoms with Crippen molar-refractivity contribution in [3.8, 4) is 0 Å². The third-order valence-electron chi connectivity index (χ3n) is 3.94. The number of carbonyl (C=O) groups is 2. The quantitative estimate of drug-likeness (QED) is 0.791. The van der Waals surface area contributed by atoms with Crippen molar-refractivity contribution >= 4 is 33.4 Å². The van der Waals surface area contributed by atoms with E-state index in [0.29, 0.717) is 25.1 Å². The van der Waals surface area contributed by atoms with Crippen LogP contribution in [0.2, 0.25) is 0 Å². The second kappa shape index (κ2) is 6.50. The topological polar surface area (TPSA) is 71.1 Å². The Morgan fingerprint density at radius 3 is 2.43 bits per heavy atom. The minimum atomic E-state index is -0.942. The van der Waals surface area contributed by atoms with E-state index in [9.17, 15) is 9.59 Å². The van der Waals surface area contributed by atoms with Crippen molar-refractivity contribution in [2.45, 2.75) is 19.4 Å². The van der Waals surface area contributed by atoms with E-state index >= 15 is 0 Å². The largest absolute Gasteiger partial charge is 0.351 e. The lowest BCUT2D eigenvalue weighted by Gasteiger charge is -2.16. The Bertz CT molecular complexity index is 730. The molecule has 1 aromatic heterocycles. The maximum Gasteiger partial charge on any atom is 0.240 e. The molecule has 0 aliphatic heterocycles. The van der Waals surface area contributed by atoms with E-state index in [0.717, 1.165) is 10.0 Å². The van der Waals surface area contributed by atoms with E-state index in [2.05, 4.69) is 31.5 Å². The van der Waals surface area contributed by atoms with Gasteiger partial charge in [0.15, 0.2) is 0 Å². The summed E-state index contributed by atoms with van der Waals surface area (Å²) in [6.07, 6.45) is 4.50. The summed E-state index contributed by atoms with van der Waals surface area (Å²) in [6.45, 7) is 0.394. The van der Waals surface area contributed by atoms with Gasteiger partial charge in [-0.05, 0) is 58.6 Å². The number of carbonyl (C=O) groups excluding carboxylic acids is 2. The molecule has 1 saturated carbocycles. The average molecular weight is 374 g/mol. The smallest absolute Gasteiger partial charge is 0.240 e. The van der Waals surface area contributed by atoms with Crippen molar-refractivity contribution in [2.75, 3.05) is 5.32 Å². The molecule has 0 radical (unpaired) electrons. The fourth-order valence-corrected chi connectivity index (χ4v) is 2.72. The summed E-state index contributed by atoms with van der Waals surface area (Å²) in [5.74, 6) is -0.476. The molecule has 118 valence electrons. The maximum atomic E-state index is 12.5. The Labute approximate surface area is 142 Å². The summed E-state index contributed by atoms with van der Waals surface area (Å²) < 4.78 is 0.793. The van der Waals surface area contributed by atoms with Crippen LogP contribution in [0.4, 0.5) is 5.69 Å². The van der Waals surface area contributed by atoms with E-state index in [1.54, 1.807) is 18.5 Å². The third-order valence-corrected chi connectivity index (χ3v) is 4.64. The number of hydrogen-bond acceptors (Lipinski definition) is 3. The summed E-state index contributed by atoms with van der Waals surface area (Å²) in [5.41, 5.74) is 0.684. The second-order valence-electron chi connectivity index (χ2n) is 5.55. The molecular formula is C17H16BrN3O2. The molecule has 0 unspecified atom stereocenters. The Kier molecular flexibility index (Phi) is 4.43. The lowest BCUT2D eigenvalue weighted by molar-refractivity contribution is -0.134. The zero-order valence-electron chi connectivity index (χ0n) is 12.4. The van der Waals surface area contributed by atoms with Gasteiger partial charge in [0.25, 0.3) is 0 Å². The van der Waals surface area contributed by atoms with Gasteiger partial charge in [0.1, 0.15) is 5.41 Å². The Morgan fingerprint density at radius 1 is 1.09 bits per heavy atom. The molecule has 23 heavy (non-hydrogen) atoms. The summed E-state index contributed by atoms with van der Waals surface area (Å²) in [7, 11) is 0. The number of nitrogens with zero attached hydrogens (tertiary/aromatic N) is 1. The lowest BCUT2D eigenvalue weighted by atomic mass is 10.0. The van der Waals surface area contributed by atoms with Gasteiger partial charge in [0.2, 0.25) is 11.8 Å². The molecule has 2 amide bonds. The number of nitrogens with one attached hydrogen (secondary N) is 2. The van der Waals surface area contributed by atoms with Crippen LogP contribution in [0.15, 0.2) is 53.3 Å². The molecule has 0 spiro atoms. The Morgan fingerprint density at radius 2 is 1.78 bits per heavy atom. The monoisotopic (exact) mass is 373 g/mol. The van der Waals surface area contributed by atoms with Crippen LogP contribution < -0.4 is 10.6 Å². The molecule has 1 aliphatic carbocycles. The molecule has 1 aromatic carbocycles. The first-order chi connectivity index (χ1) is 11.1. The summed E-state index contributed by atoms with van der Waals surface area (Å²) in [5, 5.41) is 5.68. The van der Waals surface area contributed by atoms with Gasteiger partial charge in [-0.3, -0.25) is 14.6 Å². The molecule has 2 aromatic rings. The highest BCUT2D eigenvalue weighted by Gasteiger charge is 2.56. The predicted octanol–water partition coefficient (Wildman–Crippen LogP) is 2.88. The second-order valence-corrected chi connectivity index (χ2v) is 6.41. The van der Waals surface area contributed by atoms with Crippen molar-refractivity contribution in [1.29, 1.82) is 0 Å². The minimum absolute atomic E-state index is 0.223. The van der Waals surface area contributed by atoms with Gasteiger partial charge in [-0.15, -0.1) is 0 Å². The van der Waals surface area contributed by atoms with Crippen LogP contribution in [0.3, 0.4) is 0 Å². The summed E-state index contributed by atoms with van der Waals surface area (Å²) >= 11 is 3.39. The molecular weight excluding hydrogens is 358 g/mol. The predicted molar refractivity (Wildman–Crippen MR) is 90.5 cm³/mol. The highest BCUT2D eigenvalue weighted by Crippen LogP contribution is 2.47. The van der Waals surface area contributed by atoms with Crippen molar-refractivity contribution in [3.05, 3.63) is 58.8 Å². The van der Waals surface area contributed by atoms with Gasteiger partial charge in [-0.2, -0.15) is 0 Å². The van der Waals surface area contributed by atoms with Gasteiger partial charge in [-0.25, -0.2) is 0 Å². The molecule has 0 bridgehead atoms. The molecule has 0 saturated heterocycles. The zero-order chi connectivity index (χ0) is 16.3. The molecule has 3 rings (SSSR count). The first kappa shape index (κ1) is 15.7. The molecule has 6 heteroatoms. The van der Waals surface area contributed by atoms with E-state index in [1.165, 1.54) is 0 Å². The standard InChI is InChI=1S/C17H16BrN3O2/c18-13-3-1-2-4-14(13)21-16(23)17(7-8-17)15(22)20-11-12-5-9-19-10-6-12/h1-6,9-10H,7-8,11H2,(H,20,22)(H,21,23). The number of para-hydroxylation sites is 1. The van der Waals surface area contributed by atoms with E-state index < -0.39 is 5.41 Å². The fourth-order valence-electron chi connectivity index (χ4n) is 2.34. The number of anilines is 1. The van der Waals surface area contributed by atoms with Crippen LogP contribution in [0.25, 0.3) is 0 Å². The van der Waals surface area contributed by atoms with Crippen molar-refractivity contribution in [1.82, 2.24) is 10.3 Å². The minimum Gasteiger partial charge on any atom is -0.351 e. The molecule has 1 fully saturated rings. The molecule has 1 heterocycles. The van der Waals surface area contributed by atoms with Gasteiger partial charge >= 0.3 is 0 Å². The molecule has 0 atom stereocenters. The van der Waals surface area contributed by atoms with Gasteiger partial charge in [-0.1, -0.05) is 12.1 Å². The maximum absolute atomic E-state index is 12.5. The Hall–Kier alpha value is -2.21. The summed E-state index contributed by atoms with van der Waals surface area (Å²) in [4.78, 5) is 28.9. The number of hydrogen-bond donors (Lipinski definition) is 2. The number of amides is 2. The van der Waals surface area contributed by atoms with E-state index in [1.807, 2.05) is 30.3 Å². The van der Waals surface area contributed by atoms with Crippen LogP contribution in [-0.2, 0) is 16.1 Å². The van der Waals surface area contributed by atoms with Crippen LogP contribution in [-0.4, -0.2) is 16.8 Å². The van der Waals surface area contributed by atoms with Crippen molar-refractivity contribution < 1.29 is 9.59 Å². The van der Waals surface area contributed by atoms with E-state index in [-0.39, 0.29) is 11.8 Å². The van der Waals surface area contributed by atoms with Crippen LogP contribution >= 0.6 is 15.9 Å². The SMILES string of the molecule is O=C(NCc1ccncc1)C1(C(=O)Nc2ccccc2Br)CC1. The van der Waals surface area contributed by atoms with Crippen molar-refractivity contribution in [3.63, 3.8) is 0 Å². The van der Waals surface area contributed by atoms with Crippen LogP contribution in [0.1, 0.15) is 18.4 Å². The number of rotatable bonds is 5. The van der Waals surface area contributed by atoms with Crippen LogP contribution in [0.5, 0.6) is 0 Å². The first-order valence-electron chi connectivity index (χ1n) is 7.35. The van der Waals surface area contributed by atoms with Crippen LogP contribution in [0, 0.1) is 5.41 Å². The molecule has 2 N–H and O–H groups in total. The number of pyridine rings is 1. The Balaban J connectivity index is 1.63. The van der Waals surface area contributed by atoms with Gasteiger partial charge in [0.05, 0.1) is 5.69 Å². The van der Waals surface area contributed by atoms with E-state index in [4.69, 9.17) is 0 Å². The normalized spacial score (nSPS) is 14.8. The fraction of sp³-hybridized carbons (Fsp3) is 0.235. The highest BCUT2D eigenvalue weighted by molar-refractivity contribution is 9.10. The number of benzene rings is 1. The summed E-state index contributed by atoms with van der Waals surface area (Å²) in [6, 6.07) is 11.0. The number of halogens is 1. The lowest BCUT2D eigenvalue weighted by Crippen LogP contribution is -2.39. The molecule has 5 nitrogen and oxygen atoms in total. The third kappa shape index (κ3) is 3.42. The van der Waals surface area contributed by atoms with Crippen molar-refractivity contribution in [2.24, 2.45) is 5.41 Å². The van der Waals surface area contributed by atoms with Gasteiger partial charge in [0, 0.05) is 23.4 Å². The highest BCUT2D eigenvalue weighted by atomic mass is 79.9. The zero-order valence-corrected chi connectivity index (χ0v) is 14.0.